The summed E-state index contributed by atoms with van der Waals surface area (Å²) in [6, 6.07) is 15.2. The minimum atomic E-state index is -0.0180. The van der Waals surface area contributed by atoms with Crippen LogP contribution in [0.1, 0.15) is 5.56 Å². The second-order valence-electron chi connectivity index (χ2n) is 4.82. The number of hydrogen-bond donors (Lipinski definition) is 3. The van der Waals surface area contributed by atoms with E-state index in [1.165, 1.54) is 0 Å². The maximum Gasteiger partial charge on any atom is 0.218 e. The number of aromatic nitrogens is 1. The molecule has 3 aromatic rings. The molecule has 0 atom stereocenters. The molecule has 0 unspecified atom stereocenters. The Kier molecular flexibility index (Phi) is 3.84. The standard InChI is InChI=1S/C16H14N4OS/c1-10-6-5-9-12-13(10)18-15(21)14(12)19-20-16(22)17-11-7-3-2-4-8-11/h2-9,18,21H,1H3,(H,17,22). The predicted molar refractivity (Wildman–Crippen MR) is 91.9 cm³/mol. The van der Waals surface area contributed by atoms with Crippen LogP contribution >= 0.6 is 12.2 Å². The minimum Gasteiger partial charge on any atom is -0.493 e. The summed E-state index contributed by atoms with van der Waals surface area (Å²) >= 11 is 5.14. The Balaban J connectivity index is 1.85. The Hall–Kier alpha value is -2.73. The average molecular weight is 310 g/mol. The molecule has 1 heterocycles. The van der Waals surface area contributed by atoms with Crippen molar-refractivity contribution < 1.29 is 5.11 Å². The number of rotatable bonds is 2. The molecule has 0 radical (unpaired) electrons. The van der Waals surface area contributed by atoms with Crippen LogP contribution in [-0.2, 0) is 0 Å². The van der Waals surface area contributed by atoms with E-state index in [1.807, 2.05) is 55.5 Å². The molecule has 5 nitrogen and oxygen atoms in total. The minimum absolute atomic E-state index is 0.0180. The zero-order valence-corrected chi connectivity index (χ0v) is 12.7. The van der Waals surface area contributed by atoms with Crippen LogP contribution in [-0.4, -0.2) is 15.2 Å². The molecule has 0 aliphatic rings. The van der Waals surface area contributed by atoms with Crippen LogP contribution in [0.4, 0.5) is 11.4 Å². The van der Waals surface area contributed by atoms with Gasteiger partial charge in [0.15, 0.2) is 5.69 Å². The molecular weight excluding hydrogens is 296 g/mol. The van der Waals surface area contributed by atoms with E-state index in [2.05, 4.69) is 20.5 Å². The van der Waals surface area contributed by atoms with Gasteiger partial charge in [0, 0.05) is 11.1 Å². The van der Waals surface area contributed by atoms with E-state index >= 15 is 0 Å². The van der Waals surface area contributed by atoms with E-state index in [1.54, 1.807) is 0 Å². The summed E-state index contributed by atoms with van der Waals surface area (Å²) < 4.78 is 0. The molecule has 0 aliphatic carbocycles. The lowest BCUT2D eigenvalue weighted by atomic mass is 10.1. The normalized spacial score (nSPS) is 11.1. The van der Waals surface area contributed by atoms with E-state index in [-0.39, 0.29) is 11.0 Å². The van der Waals surface area contributed by atoms with Gasteiger partial charge in [-0.15, -0.1) is 10.2 Å². The first-order chi connectivity index (χ1) is 10.6. The van der Waals surface area contributed by atoms with Crippen LogP contribution in [0.15, 0.2) is 58.8 Å². The van der Waals surface area contributed by atoms with Gasteiger partial charge in [0.1, 0.15) is 0 Å². The number of thiocarbonyl (C=S) groups is 1. The van der Waals surface area contributed by atoms with Crippen molar-refractivity contribution in [1.82, 2.24) is 4.98 Å². The van der Waals surface area contributed by atoms with Crippen LogP contribution in [0, 0.1) is 6.92 Å². The van der Waals surface area contributed by atoms with Crippen LogP contribution in [0.2, 0.25) is 0 Å². The zero-order chi connectivity index (χ0) is 15.5. The summed E-state index contributed by atoms with van der Waals surface area (Å²) in [5, 5.41) is 22.0. The number of aromatic hydroxyl groups is 1. The fraction of sp³-hybridized carbons (Fsp3) is 0.0625. The molecule has 3 rings (SSSR count). The summed E-state index contributed by atoms with van der Waals surface area (Å²) in [7, 11) is 0. The molecule has 6 heteroatoms. The Morgan fingerprint density at radius 1 is 1.14 bits per heavy atom. The number of benzene rings is 2. The van der Waals surface area contributed by atoms with Gasteiger partial charge in [-0.2, -0.15) is 0 Å². The molecule has 3 N–H and O–H groups in total. The molecule has 0 saturated heterocycles. The second kappa shape index (κ2) is 5.95. The van der Waals surface area contributed by atoms with Gasteiger partial charge in [-0.1, -0.05) is 36.4 Å². The average Bonchev–Trinajstić information content (AvgIpc) is 2.83. The lowest BCUT2D eigenvalue weighted by Gasteiger charge is -2.01. The smallest absolute Gasteiger partial charge is 0.218 e. The molecule has 22 heavy (non-hydrogen) atoms. The van der Waals surface area contributed by atoms with Crippen LogP contribution in [0.5, 0.6) is 5.88 Å². The van der Waals surface area contributed by atoms with Crippen molar-refractivity contribution in [2.24, 2.45) is 10.2 Å². The van der Waals surface area contributed by atoms with E-state index in [0.717, 1.165) is 22.2 Å². The lowest BCUT2D eigenvalue weighted by Crippen LogP contribution is -2.04. The van der Waals surface area contributed by atoms with E-state index < -0.39 is 0 Å². The number of azo groups is 1. The quantitative estimate of drug-likeness (QED) is 0.476. The van der Waals surface area contributed by atoms with Gasteiger partial charge >= 0.3 is 0 Å². The van der Waals surface area contributed by atoms with E-state index in [9.17, 15) is 5.11 Å². The summed E-state index contributed by atoms with van der Waals surface area (Å²) in [5.74, 6) is -0.0180. The Bertz CT molecular complexity index is 855. The van der Waals surface area contributed by atoms with Crippen LogP contribution < -0.4 is 5.32 Å². The molecule has 0 bridgehead atoms. The number of aromatic amines is 1. The molecule has 0 aliphatic heterocycles. The van der Waals surface area contributed by atoms with Crippen molar-refractivity contribution >= 4 is 39.6 Å². The van der Waals surface area contributed by atoms with Crippen molar-refractivity contribution in [1.29, 1.82) is 0 Å². The van der Waals surface area contributed by atoms with Gasteiger partial charge in [0.2, 0.25) is 11.0 Å². The molecule has 2 aromatic carbocycles. The number of fused-ring (bicyclic) bond motifs is 1. The van der Waals surface area contributed by atoms with Gasteiger partial charge in [0.25, 0.3) is 0 Å². The number of aryl methyl sites for hydroxylation is 1. The molecule has 0 spiro atoms. The molecular formula is C16H14N4OS. The first-order valence-electron chi connectivity index (χ1n) is 6.73. The molecule has 1 aromatic heterocycles. The number of anilines is 1. The van der Waals surface area contributed by atoms with Crippen LogP contribution in [0.3, 0.4) is 0 Å². The third-order valence-corrected chi connectivity index (χ3v) is 3.45. The Morgan fingerprint density at radius 3 is 2.68 bits per heavy atom. The van der Waals surface area contributed by atoms with Crippen molar-refractivity contribution in [3.05, 3.63) is 54.1 Å². The van der Waals surface area contributed by atoms with Crippen molar-refractivity contribution in [2.75, 3.05) is 5.32 Å². The number of para-hydroxylation sites is 2. The Morgan fingerprint density at radius 2 is 1.91 bits per heavy atom. The number of nitrogens with zero attached hydrogens (tertiary/aromatic N) is 2. The number of nitrogens with one attached hydrogen (secondary N) is 2. The maximum atomic E-state index is 9.99. The summed E-state index contributed by atoms with van der Waals surface area (Å²) in [6.45, 7) is 1.96. The van der Waals surface area contributed by atoms with Crippen LogP contribution in [0.25, 0.3) is 10.9 Å². The van der Waals surface area contributed by atoms with Gasteiger partial charge in [-0.25, -0.2) is 0 Å². The number of hydrogen-bond acceptors (Lipinski definition) is 3. The fourth-order valence-electron chi connectivity index (χ4n) is 2.20. The van der Waals surface area contributed by atoms with Gasteiger partial charge in [-0.3, -0.25) is 0 Å². The molecule has 0 saturated carbocycles. The highest BCUT2D eigenvalue weighted by molar-refractivity contribution is 7.80. The van der Waals surface area contributed by atoms with Crippen molar-refractivity contribution in [2.45, 2.75) is 6.92 Å². The molecule has 0 amide bonds. The van der Waals surface area contributed by atoms with Gasteiger partial charge < -0.3 is 15.4 Å². The second-order valence-corrected chi connectivity index (χ2v) is 5.20. The highest BCUT2D eigenvalue weighted by Crippen LogP contribution is 2.36. The fourth-order valence-corrected chi connectivity index (χ4v) is 2.36. The lowest BCUT2D eigenvalue weighted by molar-refractivity contribution is 0.459. The molecule has 0 fully saturated rings. The summed E-state index contributed by atoms with van der Waals surface area (Å²) in [4.78, 5) is 2.91. The van der Waals surface area contributed by atoms with E-state index in [4.69, 9.17) is 12.2 Å². The third-order valence-electron chi connectivity index (χ3n) is 3.26. The molecule has 110 valence electrons. The largest absolute Gasteiger partial charge is 0.493 e. The Labute approximate surface area is 132 Å². The summed E-state index contributed by atoms with van der Waals surface area (Å²) in [5.41, 5.74) is 3.09. The third kappa shape index (κ3) is 2.82. The van der Waals surface area contributed by atoms with Crippen molar-refractivity contribution in [3.63, 3.8) is 0 Å². The predicted octanol–water partition coefficient (Wildman–Crippen LogP) is 4.66. The first-order valence-corrected chi connectivity index (χ1v) is 7.14. The van der Waals surface area contributed by atoms with Gasteiger partial charge in [0.05, 0.1) is 5.52 Å². The van der Waals surface area contributed by atoms with Crippen molar-refractivity contribution in [3.8, 4) is 5.88 Å². The summed E-state index contributed by atoms with van der Waals surface area (Å²) in [6.07, 6.45) is 0. The monoisotopic (exact) mass is 310 g/mol. The topological polar surface area (TPSA) is 72.8 Å². The first kappa shape index (κ1) is 14.2. The highest BCUT2D eigenvalue weighted by Gasteiger charge is 2.11. The van der Waals surface area contributed by atoms with E-state index in [0.29, 0.717) is 5.69 Å². The highest BCUT2D eigenvalue weighted by atomic mass is 32.1. The van der Waals surface area contributed by atoms with Gasteiger partial charge in [-0.05, 0) is 36.8 Å². The SMILES string of the molecule is Cc1cccc2c(N=NC(=S)Nc3ccccc3)c(O)[nH]c12. The maximum absolute atomic E-state index is 9.99. The zero-order valence-electron chi connectivity index (χ0n) is 11.9. The number of H-pyrrole nitrogens is 1.